The maximum atomic E-state index is 12.3. The van der Waals surface area contributed by atoms with E-state index in [1.807, 2.05) is 0 Å². The molecule has 2 aliphatic heterocycles. The topological polar surface area (TPSA) is 64.4 Å². The zero-order valence-electron chi connectivity index (χ0n) is 8.91. The van der Waals surface area contributed by atoms with Crippen molar-refractivity contribution in [1.82, 2.24) is 14.1 Å². The molecule has 0 radical (unpaired) electrons. The number of rotatable bonds is 2. The van der Waals surface area contributed by atoms with Crippen LogP contribution in [0.1, 0.15) is 6.42 Å². The molecule has 2 aliphatic rings. The predicted octanol–water partition coefficient (Wildman–Crippen LogP) is -0.418. The Labute approximate surface area is 93.9 Å². The van der Waals surface area contributed by atoms with Crippen molar-refractivity contribution in [3.63, 3.8) is 0 Å². The second-order valence-electron chi connectivity index (χ2n) is 4.27. The molecule has 2 atom stereocenters. The van der Waals surface area contributed by atoms with E-state index < -0.39 is 10.0 Å². The Morgan fingerprint density at radius 1 is 1.56 bits per heavy atom. The van der Waals surface area contributed by atoms with Gasteiger partial charge in [0.15, 0.2) is 0 Å². The van der Waals surface area contributed by atoms with Crippen LogP contribution in [0, 0.1) is 0 Å². The molecule has 0 aliphatic carbocycles. The van der Waals surface area contributed by atoms with E-state index in [2.05, 4.69) is 5.10 Å². The molecule has 0 N–H and O–H groups in total. The molecule has 7 heteroatoms. The van der Waals surface area contributed by atoms with Crippen molar-refractivity contribution in [3.05, 3.63) is 12.4 Å². The van der Waals surface area contributed by atoms with Gasteiger partial charge >= 0.3 is 0 Å². The Hall–Kier alpha value is -0.920. The molecule has 2 bridgehead atoms. The second kappa shape index (κ2) is 3.28. The van der Waals surface area contributed by atoms with Crippen LogP contribution >= 0.6 is 0 Å². The van der Waals surface area contributed by atoms with E-state index in [4.69, 9.17) is 4.74 Å². The number of aryl methyl sites for hydroxylation is 1. The molecule has 0 aromatic carbocycles. The van der Waals surface area contributed by atoms with Crippen molar-refractivity contribution in [3.8, 4) is 0 Å². The van der Waals surface area contributed by atoms with Gasteiger partial charge < -0.3 is 4.74 Å². The lowest BCUT2D eigenvalue weighted by Gasteiger charge is -2.25. The van der Waals surface area contributed by atoms with E-state index in [9.17, 15) is 8.42 Å². The Bertz CT molecular complexity index is 510. The van der Waals surface area contributed by atoms with Crippen molar-refractivity contribution in [2.24, 2.45) is 7.05 Å². The number of sulfonamides is 1. The second-order valence-corrected chi connectivity index (χ2v) is 6.16. The van der Waals surface area contributed by atoms with Crippen LogP contribution in [0.4, 0.5) is 0 Å². The third-order valence-electron chi connectivity index (χ3n) is 3.14. The van der Waals surface area contributed by atoms with E-state index in [-0.39, 0.29) is 17.0 Å². The smallest absolute Gasteiger partial charge is 0.246 e. The molecule has 2 saturated heterocycles. The number of aromatic nitrogens is 2. The summed E-state index contributed by atoms with van der Waals surface area (Å²) in [7, 11) is -1.67. The highest BCUT2D eigenvalue weighted by atomic mass is 32.2. The first-order valence-electron chi connectivity index (χ1n) is 5.19. The Balaban J connectivity index is 1.94. The molecule has 3 rings (SSSR count). The molecule has 88 valence electrons. The first-order chi connectivity index (χ1) is 7.57. The highest BCUT2D eigenvalue weighted by molar-refractivity contribution is 7.89. The summed E-state index contributed by atoms with van der Waals surface area (Å²) >= 11 is 0. The molecule has 1 aromatic rings. The van der Waals surface area contributed by atoms with Crippen LogP contribution in [0.5, 0.6) is 0 Å². The van der Waals surface area contributed by atoms with Crippen molar-refractivity contribution in [2.45, 2.75) is 23.5 Å². The van der Waals surface area contributed by atoms with Crippen LogP contribution in [0.2, 0.25) is 0 Å². The van der Waals surface area contributed by atoms with E-state index in [1.165, 1.54) is 21.4 Å². The summed E-state index contributed by atoms with van der Waals surface area (Å²) in [6, 6.07) is 0.00945. The van der Waals surface area contributed by atoms with Crippen LogP contribution in [0.15, 0.2) is 17.3 Å². The molecular formula is C9H13N3O3S. The Kier molecular flexibility index (Phi) is 2.10. The number of fused-ring (bicyclic) bond motifs is 2. The summed E-state index contributed by atoms with van der Waals surface area (Å²) in [6.45, 7) is 0.992. The molecule has 0 saturated carbocycles. The zero-order chi connectivity index (χ0) is 11.3. The largest absolute Gasteiger partial charge is 0.375 e. The predicted molar refractivity (Wildman–Crippen MR) is 55.2 cm³/mol. The van der Waals surface area contributed by atoms with E-state index in [0.29, 0.717) is 13.2 Å². The van der Waals surface area contributed by atoms with Crippen LogP contribution in [-0.2, 0) is 21.8 Å². The SMILES string of the molecule is Cn1cc(S(=O)(=O)N2C[C@H]3C[C@H]2CO3)cn1. The molecule has 0 unspecified atom stereocenters. The lowest BCUT2D eigenvalue weighted by Crippen LogP contribution is -2.41. The van der Waals surface area contributed by atoms with Crippen molar-refractivity contribution in [2.75, 3.05) is 13.2 Å². The van der Waals surface area contributed by atoms with Crippen molar-refractivity contribution >= 4 is 10.0 Å². The number of morpholine rings is 1. The van der Waals surface area contributed by atoms with E-state index >= 15 is 0 Å². The molecular weight excluding hydrogens is 230 g/mol. The first kappa shape index (κ1) is 10.2. The summed E-state index contributed by atoms with van der Waals surface area (Å²) in [4.78, 5) is 0.266. The molecule has 6 nitrogen and oxygen atoms in total. The molecule has 0 spiro atoms. The average molecular weight is 243 g/mol. The van der Waals surface area contributed by atoms with Crippen molar-refractivity contribution in [1.29, 1.82) is 0 Å². The van der Waals surface area contributed by atoms with Gasteiger partial charge in [0, 0.05) is 19.8 Å². The van der Waals surface area contributed by atoms with Gasteiger partial charge in [-0.2, -0.15) is 9.40 Å². The normalized spacial score (nSPS) is 30.1. The minimum atomic E-state index is -3.38. The summed E-state index contributed by atoms with van der Waals surface area (Å²) in [6.07, 6.45) is 3.82. The summed E-state index contributed by atoms with van der Waals surface area (Å²) in [5.41, 5.74) is 0. The van der Waals surface area contributed by atoms with Gasteiger partial charge in [-0.15, -0.1) is 0 Å². The number of hydrogen-bond acceptors (Lipinski definition) is 4. The summed E-state index contributed by atoms with van der Waals surface area (Å²) < 4.78 is 32.9. The fourth-order valence-corrected chi connectivity index (χ4v) is 3.97. The average Bonchev–Trinajstić information content (AvgIpc) is 2.91. The highest BCUT2D eigenvalue weighted by Crippen LogP contribution is 2.32. The molecule has 2 fully saturated rings. The van der Waals surface area contributed by atoms with E-state index in [1.54, 1.807) is 7.05 Å². The van der Waals surface area contributed by atoms with Crippen molar-refractivity contribution < 1.29 is 13.2 Å². The van der Waals surface area contributed by atoms with Gasteiger partial charge in [-0.05, 0) is 6.42 Å². The van der Waals surface area contributed by atoms with Crippen LogP contribution in [0.3, 0.4) is 0 Å². The number of hydrogen-bond donors (Lipinski definition) is 0. The Morgan fingerprint density at radius 2 is 2.38 bits per heavy atom. The first-order valence-corrected chi connectivity index (χ1v) is 6.63. The van der Waals surface area contributed by atoms with E-state index in [0.717, 1.165) is 6.42 Å². The van der Waals surface area contributed by atoms with Gasteiger partial charge in [0.1, 0.15) is 4.90 Å². The maximum Gasteiger partial charge on any atom is 0.246 e. The minimum absolute atomic E-state index is 0.00945. The molecule has 1 aromatic heterocycles. The van der Waals surface area contributed by atoms with Gasteiger partial charge in [0.25, 0.3) is 0 Å². The quantitative estimate of drug-likeness (QED) is 0.708. The standard InChI is InChI=1S/C9H13N3O3S/c1-11-5-9(3-10-11)16(13,14)12-4-8-2-7(12)6-15-8/h3,5,7-8H,2,4,6H2,1H3/t7-,8+/m0/s1. The third-order valence-corrected chi connectivity index (χ3v) is 5.01. The molecule has 3 heterocycles. The highest BCUT2D eigenvalue weighted by Gasteiger charge is 2.45. The van der Waals surface area contributed by atoms with Gasteiger partial charge in [-0.25, -0.2) is 8.42 Å². The number of nitrogens with zero attached hydrogens (tertiary/aromatic N) is 3. The maximum absolute atomic E-state index is 12.3. The lowest BCUT2D eigenvalue weighted by atomic mass is 10.3. The van der Waals surface area contributed by atoms with Gasteiger partial charge in [-0.3, -0.25) is 4.68 Å². The monoisotopic (exact) mass is 243 g/mol. The number of ether oxygens (including phenoxy) is 1. The van der Waals surface area contributed by atoms with Crippen LogP contribution in [0.25, 0.3) is 0 Å². The third kappa shape index (κ3) is 1.39. The van der Waals surface area contributed by atoms with Crippen LogP contribution in [-0.4, -0.2) is 47.8 Å². The van der Waals surface area contributed by atoms with Gasteiger partial charge in [0.2, 0.25) is 10.0 Å². The summed E-state index contributed by atoms with van der Waals surface area (Å²) in [5, 5.41) is 3.90. The fourth-order valence-electron chi connectivity index (χ4n) is 2.33. The van der Waals surface area contributed by atoms with Gasteiger partial charge in [0.05, 0.1) is 24.9 Å². The summed E-state index contributed by atoms with van der Waals surface area (Å²) in [5.74, 6) is 0. The zero-order valence-corrected chi connectivity index (χ0v) is 9.72. The van der Waals surface area contributed by atoms with Crippen LogP contribution < -0.4 is 0 Å². The minimum Gasteiger partial charge on any atom is -0.375 e. The molecule has 16 heavy (non-hydrogen) atoms. The van der Waals surface area contributed by atoms with Gasteiger partial charge in [-0.1, -0.05) is 0 Å². The Morgan fingerprint density at radius 3 is 2.88 bits per heavy atom. The molecule has 0 amide bonds. The lowest BCUT2D eigenvalue weighted by molar-refractivity contribution is 0.0608. The fraction of sp³-hybridized carbons (Fsp3) is 0.667.